The molecule has 8 heteroatoms. The lowest BCUT2D eigenvalue weighted by atomic mass is 9.73. The van der Waals surface area contributed by atoms with Gasteiger partial charge in [-0.25, -0.2) is 4.79 Å². The summed E-state index contributed by atoms with van der Waals surface area (Å²) in [6, 6.07) is 0. The number of hydrogen-bond donors (Lipinski definition) is 2. The molecule has 1 spiro atoms. The van der Waals surface area contributed by atoms with Crippen molar-refractivity contribution >= 4 is 12.0 Å². The van der Waals surface area contributed by atoms with E-state index in [1.807, 2.05) is 0 Å². The van der Waals surface area contributed by atoms with Gasteiger partial charge in [0.15, 0.2) is 0 Å². The molecule has 6 atom stereocenters. The van der Waals surface area contributed by atoms with Crippen LogP contribution in [0, 0.1) is 5.92 Å². The van der Waals surface area contributed by atoms with E-state index in [0.29, 0.717) is 26.1 Å². The Balaban J connectivity index is 1.56. The lowest BCUT2D eigenvalue weighted by Crippen LogP contribution is -2.53. The Kier molecular flexibility index (Phi) is 6.62. The lowest BCUT2D eigenvalue weighted by Gasteiger charge is -2.40. The highest BCUT2D eigenvalue weighted by molar-refractivity contribution is 5.73. The predicted molar refractivity (Wildman–Crippen MR) is 102 cm³/mol. The number of amides is 2. The van der Waals surface area contributed by atoms with E-state index < -0.39 is 6.09 Å². The Morgan fingerprint density at radius 2 is 1.93 bits per heavy atom. The van der Waals surface area contributed by atoms with Crippen molar-refractivity contribution in [3.05, 3.63) is 11.6 Å². The summed E-state index contributed by atoms with van der Waals surface area (Å²) in [7, 11) is 1.65. The van der Waals surface area contributed by atoms with Gasteiger partial charge in [0.25, 0.3) is 0 Å². The second kappa shape index (κ2) is 8.80. The molecular weight excluding hydrogens is 364 g/mol. The number of nitrogens with one attached hydrogen (secondary N) is 2. The Morgan fingerprint density at radius 3 is 2.54 bits per heavy atom. The second-order valence-corrected chi connectivity index (χ2v) is 8.13. The number of carbonyl (C=O) groups excluding carboxylic acids is 2. The molecule has 0 radical (unpaired) electrons. The van der Waals surface area contributed by atoms with E-state index in [1.54, 1.807) is 7.11 Å². The summed E-state index contributed by atoms with van der Waals surface area (Å²) in [5, 5.41) is 5.29. The SMILES string of the molecule is COC1C(OC(=O)NCCNC(C)=O)CC[C@]2(CO2)C1[C@H]1O[C@@H]1CC=C(C)C. The molecule has 2 amide bonds. The van der Waals surface area contributed by atoms with Gasteiger partial charge < -0.3 is 29.6 Å². The maximum atomic E-state index is 12.2. The first-order chi connectivity index (χ1) is 13.4. The Bertz CT molecular complexity index is 614. The van der Waals surface area contributed by atoms with Crippen molar-refractivity contribution in [2.75, 3.05) is 26.8 Å². The van der Waals surface area contributed by atoms with Gasteiger partial charge in [0.05, 0.1) is 24.4 Å². The average Bonchev–Trinajstić information content (AvgIpc) is 3.55. The van der Waals surface area contributed by atoms with Gasteiger partial charge in [0.2, 0.25) is 5.91 Å². The second-order valence-electron chi connectivity index (χ2n) is 8.13. The predicted octanol–water partition coefficient (Wildman–Crippen LogP) is 1.54. The van der Waals surface area contributed by atoms with Crippen LogP contribution in [-0.4, -0.2) is 68.8 Å². The summed E-state index contributed by atoms with van der Waals surface area (Å²) in [5.41, 5.74) is 1.07. The van der Waals surface area contributed by atoms with Crippen molar-refractivity contribution in [3.8, 4) is 0 Å². The maximum Gasteiger partial charge on any atom is 0.407 e. The van der Waals surface area contributed by atoms with Gasteiger partial charge >= 0.3 is 6.09 Å². The number of alkyl carbamates (subject to hydrolysis) is 1. The lowest BCUT2D eigenvalue weighted by molar-refractivity contribution is -0.118. The zero-order chi connectivity index (χ0) is 20.3. The van der Waals surface area contributed by atoms with Crippen LogP contribution >= 0.6 is 0 Å². The van der Waals surface area contributed by atoms with Crippen molar-refractivity contribution in [1.29, 1.82) is 0 Å². The fourth-order valence-corrected chi connectivity index (χ4v) is 4.18. The summed E-state index contributed by atoms with van der Waals surface area (Å²) in [6.07, 6.45) is 3.72. The number of rotatable bonds is 8. The highest BCUT2D eigenvalue weighted by atomic mass is 16.6. The largest absolute Gasteiger partial charge is 0.443 e. The van der Waals surface area contributed by atoms with Gasteiger partial charge in [-0.05, 0) is 33.1 Å². The molecule has 1 saturated carbocycles. The number of epoxide rings is 2. The molecule has 2 N–H and O–H groups in total. The third kappa shape index (κ3) is 5.04. The molecule has 3 unspecified atom stereocenters. The minimum absolute atomic E-state index is 0.0546. The topological polar surface area (TPSA) is 102 Å². The quantitative estimate of drug-likeness (QED) is 0.367. The first kappa shape index (κ1) is 21.1. The van der Waals surface area contributed by atoms with Crippen LogP contribution in [0.2, 0.25) is 0 Å². The standard InChI is InChI=1S/C20H32N2O6/c1-12(2)5-6-14-18(27-14)16-17(25-4)15(7-8-20(16)11-26-20)28-19(24)22-10-9-21-13(3)23/h5,14-18H,6-11H2,1-4H3,(H,21,23)(H,22,24)/t14-,15?,16?,17?,18+,20+/m1/s1. The van der Waals surface area contributed by atoms with E-state index in [1.165, 1.54) is 12.5 Å². The van der Waals surface area contributed by atoms with Crippen LogP contribution in [0.1, 0.15) is 40.0 Å². The van der Waals surface area contributed by atoms with Crippen LogP contribution in [-0.2, 0) is 23.7 Å². The minimum atomic E-state index is -0.498. The van der Waals surface area contributed by atoms with E-state index >= 15 is 0 Å². The smallest absolute Gasteiger partial charge is 0.407 e. The van der Waals surface area contributed by atoms with E-state index in [4.69, 9.17) is 18.9 Å². The Labute approximate surface area is 166 Å². The van der Waals surface area contributed by atoms with Crippen molar-refractivity contribution < 1.29 is 28.5 Å². The Hall–Kier alpha value is -1.64. The average molecular weight is 396 g/mol. The third-order valence-electron chi connectivity index (χ3n) is 5.73. The number of hydrogen-bond acceptors (Lipinski definition) is 6. The van der Waals surface area contributed by atoms with Crippen LogP contribution in [0.25, 0.3) is 0 Å². The van der Waals surface area contributed by atoms with Crippen molar-refractivity contribution in [1.82, 2.24) is 10.6 Å². The highest BCUT2D eigenvalue weighted by Crippen LogP contribution is 2.54. The van der Waals surface area contributed by atoms with E-state index in [0.717, 1.165) is 12.8 Å². The number of ether oxygens (including phenoxy) is 4. The van der Waals surface area contributed by atoms with Crippen LogP contribution in [0.5, 0.6) is 0 Å². The van der Waals surface area contributed by atoms with E-state index in [-0.39, 0.29) is 41.8 Å². The highest BCUT2D eigenvalue weighted by Gasteiger charge is 2.66. The van der Waals surface area contributed by atoms with Gasteiger partial charge in [-0.3, -0.25) is 4.79 Å². The molecule has 2 aliphatic heterocycles. The van der Waals surface area contributed by atoms with Gasteiger partial charge in [-0.1, -0.05) is 11.6 Å². The minimum Gasteiger partial charge on any atom is -0.443 e. The normalized spacial score (nSPS) is 35.8. The zero-order valence-corrected chi connectivity index (χ0v) is 17.2. The van der Waals surface area contributed by atoms with E-state index in [9.17, 15) is 9.59 Å². The first-order valence-corrected chi connectivity index (χ1v) is 10.0. The fourth-order valence-electron chi connectivity index (χ4n) is 4.18. The summed E-state index contributed by atoms with van der Waals surface area (Å²) >= 11 is 0. The molecule has 28 heavy (non-hydrogen) atoms. The first-order valence-electron chi connectivity index (χ1n) is 10.0. The molecule has 2 heterocycles. The monoisotopic (exact) mass is 396 g/mol. The molecule has 1 aliphatic carbocycles. The molecule has 2 saturated heterocycles. The molecule has 8 nitrogen and oxygen atoms in total. The summed E-state index contributed by atoms with van der Waals surface area (Å²) in [6.45, 7) is 6.98. The fraction of sp³-hybridized carbons (Fsp3) is 0.800. The van der Waals surface area contributed by atoms with Crippen LogP contribution in [0.15, 0.2) is 11.6 Å². The molecule has 158 valence electrons. The number of methoxy groups -OCH3 is 1. The van der Waals surface area contributed by atoms with Gasteiger partial charge in [0.1, 0.15) is 12.2 Å². The molecule has 0 bridgehead atoms. The van der Waals surface area contributed by atoms with Crippen LogP contribution in [0.3, 0.4) is 0 Å². The zero-order valence-electron chi connectivity index (χ0n) is 17.2. The summed E-state index contributed by atoms with van der Waals surface area (Å²) in [4.78, 5) is 23.0. The van der Waals surface area contributed by atoms with Crippen LogP contribution < -0.4 is 10.6 Å². The number of allylic oxidation sites excluding steroid dienone is 1. The van der Waals surface area contributed by atoms with Crippen LogP contribution in [0.4, 0.5) is 4.79 Å². The molecule has 0 aromatic heterocycles. The van der Waals surface area contributed by atoms with Crippen molar-refractivity contribution in [2.24, 2.45) is 5.92 Å². The molecule has 3 aliphatic rings. The molecule has 3 fully saturated rings. The summed E-state index contributed by atoms with van der Waals surface area (Å²) in [5.74, 6) is -0.0782. The Morgan fingerprint density at radius 1 is 1.21 bits per heavy atom. The van der Waals surface area contributed by atoms with E-state index in [2.05, 4.69) is 30.6 Å². The molecule has 0 aromatic carbocycles. The number of carbonyl (C=O) groups is 2. The summed E-state index contributed by atoms with van der Waals surface area (Å²) < 4.78 is 23.3. The van der Waals surface area contributed by atoms with Gasteiger partial charge in [0, 0.05) is 33.0 Å². The molecule has 3 rings (SSSR count). The van der Waals surface area contributed by atoms with Gasteiger partial charge in [-0.2, -0.15) is 0 Å². The molecular formula is C20H32N2O6. The third-order valence-corrected chi connectivity index (χ3v) is 5.73. The maximum absolute atomic E-state index is 12.2. The van der Waals surface area contributed by atoms with Crippen molar-refractivity contribution in [2.45, 2.75) is 70.1 Å². The van der Waals surface area contributed by atoms with Gasteiger partial charge in [-0.15, -0.1) is 0 Å². The molecule has 0 aromatic rings. The van der Waals surface area contributed by atoms with Crippen molar-refractivity contribution in [3.63, 3.8) is 0 Å².